The zero-order valence-electron chi connectivity index (χ0n) is 11.3. The molecule has 0 radical (unpaired) electrons. The van der Waals surface area contributed by atoms with Crippen LogP contribution in [0.3, 0.4) is 0 Å². The van der Waals surface area contributed by atoms with Crippen molar-refractivity contribution in [2.75, 3.05) is 26.0 Å². The highest BCUT2D eigenvalue weighted by Gasteiger charge is 2.03. The fraction of sp³-hybridized carbons (Fsp3) is 0.571. The predicted octanol–water partition coefficient (Wildman–Crippen LogP) is 1.57. The van der Waals surface area contributed by atoms with Crippen LogP contribution in [0.25, 0.3) is 0 Å². The van der Waals surface area contributed by atoms with Crippen molar-refractivity contribution in [2.45, 2.75) is 32.2 Å². The number of aliphatic hydroxyl groups excluding tert-OH is 1. The zero-order chi connectivity index (χ0) is 13.4. The molecular formula is C14H24N2O2. The fourth-order valence-corrected chi connectivity index (χ4v) is 1.88. The van der Waals surface area contributed by atoms with Crippen LogP contribution in [0.2, 0.25) is 0 Å². The van der Waals surface area contributed by atoms with Gasteiger partial charge in [0.2, 0.25) is 0 Å². The molecule has 18 heavy (non-hydrogen) atoms. The first-order valence-corrected chi connectivity index (χ1v) is 6.47. The van der Waals surface area contributed by atoms with Gasteiger partial charge in [0, 0.05) is 6.04 Å². The number of aryl methyl sites for hydroxylation is 1. The molecule has 0 heterocycles. The Hall–Kier alpha value is -1.26. The molecule has 1 aromatic carbocycles. The van der Waals surface area contributed by atoms with E-state index in [1.807, 2.05) is 18.2 Å². The molecule has 4 heteroatoms. The summed E-state index contributed by atoms with van der Waals surface area (Å²) in [5.41, 5.74) is 7.75. The molecule has 0 aliphatic heterocycles. The topological polar surface area (TPSA) is 67.5 Å². The number of aliphatic hydroxyl groups is 1. The average Bonchev–Trinajstić information content (AvgIpc) is 2.39. The molecule has 0 aromatic heterocycles. The minimum absolute atomic E-state index is 0.200. The van der Waals surface area contributed by atoms with Gasteiger partial charge in [-0.25, -0.2) is 0 Å². The summed E-state index contributed by atoms with van der Waals surface area (Å²) in [4.78, 5) is 0. The van der Waals surface area contributed by atoms with Crippen molar-refractivity contribution in [1.82, 2.24) is 5.32 Å². The summed E-state index contributed by atoms with van der Waals surface area (Å²) in [5, 5.41) is 12.4. The van der Waals surface area contributed by atoms with Crippen LogP contribution in [-0.4, -0.2) is 31.4 Å². The van der Waals surface area contributed by atoms with E-state index in [2.05, 4.69) is 12.2 Å². The number of ether oxygens (including phenoxy) is 1. The number of benzene rings is 1. The largest absolute Gasteiger partial charge is 0.495 e. The van der Waals surface area contributed by atoms with Gasteiger partial charge >= 0.3 is 0 Å². The maximum absolute atomic E-state index is 9.04. The van der Waals surface area contributed by atoms with Gasteiger partial charge in [-0.3, -0.25) is 0 Å². The highest BCUT2D eigenvalue weighted by molar-refractivity contribution is 5.54. The molecule has 102 valence electrons. The minimum atomic E-state index is 0.200. The first kappa shape index (κ1) is 14.8. The maximum atomic E-state index is 9.04. The summed E-state index contributed by atoms with van der Waals surface area (Å²) >= 11 is 0. The molecule has 1 rings (SSSR count). The van der Waals surface area contributed by atoms with Gasteiger partial charge in [0.15, 0.2) is 0 Å². The lowest BCUT2D eigenvalue weighted by molar-refractivity contribution is 0.239. The quantitative estimate of drug-likeness (QED) is 0.485. The van der Waals surface area contributed by atoms with Gasteiger partial charge in [0.1, 0.15) is 5.75 Å². The van der Waals surface area contributed by atoms with Crippen LogP contribution in [-0.2, 0) is 6.42 Å². The Balaban J connectivity index is 2.33. The Kier molecular flexibility index (Phi) is 6.54. The Morgan fingerprint density at radius 3 is 2.78 bits per heavy atom. The van der Waals surface area contributed by atoms with Crippen LogP contribution in [0.15, 0.2) is 18.2 Å². The summed E-state index contributed by atoms with van der Waals surface area (Å²) in [6.45, 7) is 3.18. The van der Waals surface area contributed by atoms with Gasteiger partial charge < -0.3 is 20.9 Å². The van der Waals surface area contributed by atoms with Gasteiger partial charge in [-0.2, -0.15) is 0 Å². The minimum Gasteiger partial charge on any atom is -0.495 e. The summed E-state index contributed by atoms with van der Waals surface area (Å²) < 4.78 is 5.12. The number of hydrogen-bond donors (Lipinski definition) is 3. The van der Waals surface area contributed by atoms with Gasteiger partial charge in [0.05, 0.1) is 19.4 Å². The first-order valence-electron chi connectivity index (χ1n) is 6.47. The molecule has 4 N–H and O–H groups in total. The van der Waals surface area contributed by atoms with Crippen molar-refractivity contribution < 1.29 is 9.84 Å². The normalized spacial score (nSPS) is 12.4. The fourth-order valence-electron chi connectivity index (χ4n) is 1.88. The smallest absolute Gasteiger partial charge is 0.141 e. The number of methoxy groups -OCH3 is 1. The first-order chi connectivity index (χ1) is 8.71. The Morgan fingerprint density at radius 1 is 1.44 bits per heavy atom. The summed E-state index contributed by atoms with van der Waals surface area (Å²) in [6, 6.07) is 6.12. The second kappa shape index (κ2) is 7.95. The third-order valence-corrected chi connectivity index (χ3v) is 3.08. The van der Waals surface area contributed by atoms with Crippen LogP contribution in [0.4, 0.5) is 5.69 Å². The van der Waals surface area contributed by atoms with E-state index in [1.54, 1.807) is 7.11 Å². The van der Waals surface area contributed by atoms with Crippen molar-refractivity contribution in [1.29, 1.82) is 0 Å². The van der Waals surface area contributed by atoms with Gasteiger partial charge in [-0.15, -0.1) is 0 Å². The number of nitrogens with one attached hydrogen (secondary N) is 1. The number of rotatable bonds is 8. The Morgan fingerprint density at radius 2 is 2.22 bits per heavy atom. The van der Waals surface area contributed by atoms with Crippen LogP contribution in [0.5, 0.6) is 5.75 Å². The lowest BCUT2D eigenvalue weighted by atomic mass is 10.1. The molecule has 0 bridgehead atoms. The zero-order valence-corrected chi connectivity index (χ0v) is 11.3. The highest BCUT2D eigenvalue weighted by Crippen LogP contribution is 2.22. The van der Waals surface area contributed by atoms with E-state index in [9.17, 15) is 0 Å². The molecule has 0 aliphatic rings. The molecule has 1 unspecified atom stereocenters. The van der Waals surface area contributed by atoms with Crippen LogP contribution in [0, 0.1) is 0 Å². The van der Waals surface area contributed by atoms with Crippen LogP contribution >= 0.6 is 0 Å². The van der Waals surface area contributed by atoms with Crippen LogP contribution < -0.4 is 15.8 Å². The highest BCUT2D eigenvalue weighted by atomic mass is 16.5. The molecule has 1 aromatic rings. The molecule has 0 spiro atoms. The Bertz CT molecular complexity index is 352. The van der Waals surface area contributed by atoms with E-state index in [4.69, 9.17) is 15.6 Å². The monoisotopic (exact) mass is 252 g/mol. The third kappa shape index (κ3) is 4.55. The van der Waals surface area contributed by atoms with Crippen molar-refractivity contribution in [3.63, 3.8) is 0 Å². The van der Waals surface area contributed by atoms with E-state index in [0.717, 1.165) is 31.6 Å². The van der Waals surface area contributed by atoms with Gasteiger partial charge in [-0.1, -0.05) is 13.0 Å². The predicted molar refractivity (Wildman–Crippen MR) is 74.9 cm³/mol. The van der Waals surface area contributed by atoms with Crippen LogP contribution in [0.1, 0.15) is 25.3 Å². The second-order valence-electron chi connectivity index (χ2n) is 4.42. The SMILES string of the molecule is CCC(CO)NCCCc1ccc(OC)c(N)c1. The van der Waals surface area contributed by atoms with E-state index in [1.165, 1.54) is 5.56 Å². The molecule has 0 amide bonds. The molecule has 1 atom stereocenters. The number of nitrogens with two attached hydrogens (primary N) is 1. The molecular weight excluding hydrogens is 228 g/mol. The standard InChI is InChI=1S/C14H24N2O2/c1-3-12(10-17)16-8-4-5-11-6-7-14(18-2)13(15)9-11/h6-7,9,12,16-17H,3-5,8,10,15H2,1-2H3. The Labute approximate surface area is 109 Å². The number of anilines is 1. The summed E-state index contributed by atoms with van der Waals surface area (Å²) in [6.07, 6.45) is 2.96. The van der Waals surface area contributed by atoms with E-state index in [-0.39, 0.29) is 12.6 Å². The summed E-state index contributed by atoms with van der Waals surface area (Å²) in [5.74, 6) is 0.725. The van der Waals surface area contributed by atoms with E-state index < -0.39 is 0 Å². The van der Waals surface area contributed by atoms with Gasteiger partial charge in [0.25, 0.3) is 0 Å². The molecule has 0 saturated heterocycles. The molecule has 0 fully saturated rings. The lowest BCUT2D eigenvalue weighted by Crippen LogP contribution is -2.32. The van der Waals surface area contributed by atoms with Crippen molar-refractivity contribution in [3.8, 4) is 5.75 Å². The van der Waals surface area contributed by atoms with Crippen molar-refractivity contribution >= 4 is 5.69 Å². The lowest BCUT2D eigenvalue weighted by Gasteiger charge is -2.13. The summed E-state index contributed by atoms with van der Waals surface area (Å²) in [7, 11) is 1.62. The van der Waals surface area contributed by atoms with E-state index >= 15 is 0 Å². The molecule has 0 saturated carbocycles. The van der Waals surface area contributed by atoms with E-state index in [0.29, 0.717) is 5.69 Å². The van der Waals surface area contributed by atoms with Crippen molar-refractivity contribution in [2.24, 2.45) is 0 Å². The second-order valence-corrected chi connectivity index (χ2v) is 4.42. The van der Waals surface area contributed by atoms with Crippen molar-refractivity contribution in [3.05, 3.63) is 23.8 Å². The molecule has 0 aliphatic carbocycles. The number of hydrogen-bond acceptors (Lipinski definition) is 4. The molecule has 4 nitrogen and oxygen atoms in total. The number of nitrogen functional groups attached to an aromatic ring is 1. The third-order valence-electron chi connectivity index (χ3n) is 3.08. The maximum Gasteiger partial charge on any atom is 0.141 e. The van der Waals surface area contributed by atoms with Gasteiger partial charge in [-0.05, 0) is 43.5 Å². The average molecular weight is 252 g/mol.